The van der Waals surface area contributed by atoms with Gasteiger partial charge < -0.3 is 4.74 Å². The van der Waals surface area contributed by atoms with Crippen molar-refractivity contribution in [2.24, 2.45) is 5.92 Å². The molecule has 0 aromatic rings. The Balaban J connectivity index is 3.13. The van der Waals surface area contributed by atoms with Gasteiger partial charge in [0, 0.05) is 5.57 Å². The Hall–Kier alpha value is -0.790. The maximum atomic E-state index is 11.2. The molecular weight excluding hydrogens is 152 g/mol. The Morgan fingerprint density at radius 1 is 1.33 bits per heavy atom. The van der Waals surface area contributed by atoms with Crippen molar-refractivity contribution in [3.63, 3.8) is 0 Å². The fraction of sp³-hybridized carbons (Fsp3) is 0.700. The zero-order chi connectivity index (χ0) is 9.52. The quantitative estimate of drug-likeness (QED) is 0.561. The summed E-state index contributed by atoms with van der Waals surface area (Å²) in [5.74, 6) is 0.218. The molecule has 0 fully saturated rings. The van der Waals surface area contributed by atoms with Crippen LogP contribution in [0.1, 0.15) is 34.6 Å². The van der Waals surface area contributed by atoms with Gasteiger partial charge in [-0.3, -0.25) is 0 Å². The fourth-order valence-electron chi connectivity index (χ4n) is 2.05. The lowest BCUT2D eigenvalue weighted by atomic mass is 9.87. The van der Waals surface area contributed by atoms with Crippen LogP contribution in [0, 0.1) is 5.92 Å². The standard InChI is InChI=1S/C10H16O2/c1-6(2)8-7(3)9(11)12-10(8,4)5/h6H,1-5H3. The van der Waals surface area contributed by atoms with Crippen LogP contribution in [0.15, 0.2) is 11.1 Å². The molecule has 2 nitrogen and oxygen atoms in total. The van der Waals surface area contributed by atoms with E-state index in [1.807, 2.05) is 20.8 Å². The summed E-state index contributed by atoms with van der Waals surface area (Å²) in [6.45, 7) is 9.89. The van der Waals surface area contributed by atoms with Crippen molar-refractivity contribution in [3.8, 4) is 0 Å². The van der Waals surface area contributed by atoms with Gasteiger partial charge in [0.05, 0.1) is 0 Å². The van der Waals surface area contributed by atoms with Gasteiger partial charge in [-0.25, -0.2) is 4.79 Å². The van der Waals surface area contributed by atoms with Crippen LogP contribution in [0.2, 0.25) is 0 Å². The molecule has 0 unspecified atom stereocenters. The largest absolute Gasteiger partial charge is 0.452 e. The summed E-state index contributed by atoms with van der Waals surface area (Å²) < 4.78 is 5.22. The van der Waals surface area contributed by atoms with E-state index in [9.17, 15) is 4.79 Å². The summed E-state index contributed by atoms with van der Waals surface area (Å²) in [4.78, 5) is 11.2. The first-order valence-electron chi connectivity index (χ1n) is 4.31. The molecule has 1 aliphatic rings. The summed E-state index contributed by atoms with van der Waals surface area (Å²) in [5, 5.41) is 0. The molecule has 1 aliphatic heterocycles. The predicted molar refractivity (Wildman–Crippen MR) is 47.7 cm³/mol. The van der Waals surface area contributed by atoms with Gasteiger partial charge in [-0.05, 0) is 32.3 Å². The highest BCUT2D eigenvalue weighted by atomic mass is 16.6. The first-order chi connectivity index (χ1) is 5.36. The van der Waals surface area contributed by atoms with Crippen molar-refractivity contribution in [1.29, 1.82) is 0 Å². The van der Waals surface area contributed by atoms with Crippen LogP contribution in [-0.4, -0.2) is 11.6 Å². The van der Waals surface area contributed by atoms with Crippen LogP contribution in [0.25, 0.3) is 0 Å². The zero-order valence-corrected chi connectivity index (χ0v) is 8.39. The number of esters is 1. The monoisotopic (exact) mass is 168 g/mol. The van der Waals surface area contributed by atoms with Crippen molar-refractivity contribution in [2.75, 3.05) is 0 Å². The molecule has 68 valence electrons. The van der Waals surface area contributed by atoms with E-state index < -0.39 is 5.60 Å². The molecule has 0 saturated heterocycles. The van der Waals surface area contributed by atoms with Gasteiger partial charge in [0.1, 0.15) is 5.60 Å². The van der Waals surface area contributed by atoms with E-state index in [0.29, 0.717) is 5.92 Å². The van der Waals surface area contributed by atoms with Gasteiger partial charge in [-0.2, -0.15) is 0 Å². The van der Waals surface area contributed by atoms with Crippen molar-refractivity contribution in [3.05, 3.63) is 11.1 Å². The Morgan fingerprint density at radius 2 is 1.83 bits per heavy atom. The summed E-state index contributed by atoms with van der Waals surface area (Å²) in [7, 11) is 0. The van der Waals surface area contributed by atoms with Gasteiger partial charge >= 0.3 is 5.97 Å². The lowest BCUT2D eigenvalue weighted by Crippen LogP contribution is -2.25. The minimum atomic E-state index is -0.394. The number of carbonyl (C=O) groups is 1. The van der Waals surface area contributed by atoms with Crippen LogP contribution < -0.4 is 0 Å². The van der Waals surface area contributed by atoms with E-state index in [4.69, 9.17) is 4.74 Å². The lowest BCUT2D eigenvalue weighted by molar-refractivity contribution is -0.144. The van der Waals surface area contributed by atoms with Gasteiger partial charge in [0.25, 0.3) is 0 Å². The van der Waals surface area contributed by atoms with Crippen LogP contribution in [0.3, 0.4) is 0 Å². The number of rotatable bonds is 1. The molecule has 12 heavy (non-hydrogen) atoms. The van der Waals surface area contributed by atoms with E-state index in [-0.39, 0.29) is 5.97 Å². The van der Waals surface area contributed by atoms with Crippen LogP contribution in [0.5, 0.6) is 0 Å². The highest BCUT2D eigenvalue weighted by Crippen LogP contribution is 2.36. The number of hydrogen-bond donors (Lipinski definition) is 0. The lowest BCUT2D eigenvalue weighted by Gasteiger charge is -2.23. The molecule has 0 atom stereocenters. The molecular formula is C10H16O2. The molecule has 1 rings (SSSR count). The fourth-order valence-corrected chi connectivity index (χ4v) is 2.05. The van der Waals surface area contributed by atoms with Gasteiger partial charge in [0.2, 0.25) is 0 Å². The first-order valence-corrected chi connectivity index (χ1v) is 4.31. The third-order valence-electron chi connectivity index (χ3n) is 2.28. The van der Waals surface area contributed by atoms with Crippen LogP contribution >= 0.6 is 0 Å². The average Bonchev–Trinajstić information content (AvgIpc) is 2.01. The van der Waals surface area contributed by atoms with Gasteiger partial charge in [0.15, 0.2) is 0 Å². The minimum absolute atomic E-state index is 0.163. The Labute approximate surface area is 73.6 Å². The second kappa shape index (κ2) is 2.61. The van der Waals surface area contributed by atoms with Crippen molar-refractivity contribution in [2.45, 2.75) is 40.2 Å². The highest BCUT2D eigenvalue weighted by Gasteiger charge is 2.39. The second-order valence-electron chi connectivity index (χ2n) is 4.09. The summed E-state index contributed by atoms with van der Waals surface area (Å²) >= 11 is 0. The Bertz CT molecular complexity index is 247. The summed E-state index contributed by atoms with van der Waals surface area (Å²) in [6.07, 6.45) is 0. The van der Waals surface area contributed by atoms with E-state index in [1.165, 1.54) is 0 Å². The highest BCUT2D eigenvalue weighted by molar-refractivity contribution is 5.92. The molecule has 0 aliphatic carbocycles. The molecule has 0 saturated carbocycles. The molecule has 0 N–H and O–H groups in total. The molecule has 0 aromatic heterocycles. The maximum absolute atomic E-state index is 11.2. The number of carbonyl (C=O) groups excluding carboxylic acids is 1. The molecule has 0 aromatic carbocycles. The zero-order valence-electron chi connectivity index (χ0n) is 8.39. The number of hydrogen-bond acceptors (Lipinski definition) is 2. The smallest absolute Gasteiger partial charge is 0.334 e. The molecule has 2 heteroatoms. The summed E-state index contributed by atoms with van der Waals surface area (Å²) in [6, 6.07) is 0. The van der Waals surface area contributed by atoms with E-state index in [0.717, 1.165) is 11.1 Å². The SMILES string of the molecule is CC1=C(C(C)C)C(C)(C)OC1=O. The van der Waals surface area contributed by atoms with Gasteiger partial charge in [-0.1, -0.05) is 13.8 Å². The first kappa shape index (κ1) is 9.30. The third kappa shape index (κ3) is 1.26. The molecule has 0 radical (unpaired) electrons. The third-order valence-corrected chi connectivity index (χ3v) is 2.28. The topological polar surface area (TPSA) is 26.3 Å². The second-order valence-corrected chi connectivity index (χ2v) is 4.09. The average molecular weight is 168 g/mol. The van der Waals surface area contributed by atoms with E-state index in [2.05, 4.69) is 13.8 Å². The predicted octanol–water partition coefficient (Wildman–Crippen LogP) is 2.29. The molecule has 1 heterocycles. The minimum Gasteiger partial charge on any atom is -0.452 e. The molecule has 0 amide bonds. The van der Waals surface area contributed by atoms with Gasteiger partial charge in [-0.15, -0.1) is 0 Å². The van der Waals surface area contributed by atoms with E-state index in [1.54, 1.807) is 0 Å². The van der Waals surface area contributed by atoms with Crippen molar-refractivity contribution >= 4 is 5.97 Å². The van der Waals surface area contributed by atoms with Crippen molar-refractivity contribution in [1.82, 2.24) is 0 Å². The van der Waals surface area contributed by atoms with Crippen LogP contribution in [0.4, 0.5) is 0 Å². The molecule has 0 spiro atoms. The number of cyclic esters (lactones) is 1. The van der Waals surface area contributed by atoms with E-state index >= 15 is 0 Å². The van der Waals surface area contributed by atoms with Crippen molar-refractivity contribution < 1.29 is 9.53 Å². The Morgan fingerprint density at radius 3 is 2.00 bits per heavy atom. The maximum Gasteiger partial charge on any atom is 0.334 e. The Kier molecular flexibility index (Phi) is 2.02. The van der Waals surface area contributed by atoms with Crippen LogP contribution in [-0.2, 0) is 9.53 Å². The molecule has 0 bridgehead atoms. The number of ether oxygens (including phenoxy) is 1. The normalized spacial score (nSPS) is 22.0. The summed E-state index contributed by atoms with van der Waals surface area (Å²) in [5.41, 5.74) is 1.53.